The van der Waals surface area contributed by atoms with E-state index in [-0.39, 0.29) is 30.8 Å². The Balaban J connectivity index is 1.17. The van der Waals surface area contributed by atoms with E-state index < -0.39 is 0 Å². The Bertz CT molecular complexity index is 1180. The summed E-state index contributed by atoms with van der Waals surface area (Å²) in [6.45, 7) is 1.00. The Kier molecular flexibility index (Phi) is 5.77. The standard InChI is InChI=1S/C26H26N4O3/c31-24(28-16-19-8-5-7-18-6-1-2-9-20(18)19)17-29-15-13-27-23(29)12-14-30-25(32)21-10-3-4-11-22(21)26(30)33/h1-4,6,9-11,13,15,19H,5,7-8,12,14,16-17H2,(H,28,31)/t19-/m1/s1. The largest absolute Gasteiger partial charge is 0.354 e. The molecule has 3 aromatic rings. The summed E-state index contributed by atoms with van der Waals surface area (Å²) in [5.74, 6) is 0.385. The first-order valence-electron chi connectivity index (χ1n) is 11.4. The molecule has 0 bridgehead atoms. The van der Waals surface area contributed by atoms with Crippen molar-refractivity contribution in [2.24, 2.45) is 0 Å². The fraction of sp³-hybridized carbons (Fsp3) is 0.308. The van der Waals surface area contributed by atoms with Crippen LogP contribution in [0.1, 0.15) is 56.4 Å². The first kappa shape index (κ1) is 21.1. The number of aryl methyl sites for hydroxylation is 1. The third-order valence-electron chi connectivity index (χ3n) is 6.59. The lowest BCUT2D eigenvalue weighted by Gasteiger charge is -2.25. The third kappa shape index (κ3) is 4.18. The minimum Gasteiger partial charge on any atom is -0.354 e. The van der Waals surface area contributed by atoms with Crippen LogP contribution in [-0.2, 0) is 24.2 Å². The maximum atomic E-state index is 12.7. The van der Waals surface area contributed by atoms with Crippen LogP contribution >= 0.6 is 0 Å². The molecule has 1 N–H and O–H groups in total. The summed E-state index contributed by atoms with van der Waals surface area (Å²) in [4.78, 5) is 43.4. The van der Waals surface area contributed by atoms with Crippen LogP contribution in [-0.4, -0.2) is 45.3 Å². The van der Waals surface area contributed by atoms with Crippen molar-refractivity contribution in [3.8, 4) is 0 Å². The highest BCUT2D eigenvalue weighted by Gasteiger charge is 2.34. The SMILES string of the molecule is O=C(Cn1ccnc1CCN1C(=O)c2ccccc2C1=O)NC[C@H]1CCCc2ccccc21. The molecule has 5 rings (SSSR count). The highest BCUT2D eigenvalue weighted by molar-refractivity contribution is 6.21. The smallest absolute Gasteiger partial charge is 0.261 e. The second kappa shape index (κ2) is 9.02. The van der Waals surface area contributed by atoms with Gasteiger partial charge in [-0.25, -0.2) is 4.98 Å². The summed E-state index contributed by atoms with van der Waals surface area (Å²) in [5.41, 5.74) is 3.60. The van der Waals surface area contributed by atoms with Crippen LogP contribution in [0.5, 0.6) is 0 Å². The highest BCUT2D eigenvalue weighted by Crippen LogP contribution is 2.30. The molecule has 0 spiro atoms. The van der Waals surface area contributed by atoms with E-state index in [1.54, 1.807) is 41.2 Å². The lowest BCUT2D eigenvalue weighted by Crippen LogP contribution is -2.34. The number of nitrogens with one attached hydrogen (secondary N) is 1. The fourth-order valence-electron chi connectivity index (χ4n) is 4.88. The molecule has 0 unspecified atom stereocenters. The van der Waals surface area contributed by atoms with Gasteiger partial charge in [-0.1, -0.05) is 36.4 Å². The Morgan fingerprint density at radius 3 is 2.55 bits per heavy atom. The van der Waals surface area contributed by atoms with Gasteiger partial charge < -0.3 is 9.88 Å². The van der Waals surface area contributed by atoms with Crippen LogP contribution in [0.3, 0.4) is 0 Å². The number of rotatable bonds is 7. The van der Waals surface area contributed by atoms with Crippen molar-refractivity contribution in [2.75, 3.05) is 13.1 Å². The molecule has 0 radical (unpaired) electrons. The zero-order chi connectivity index (χ0) is 22.8. The second-order valence-corrected chi connectivity index (χ2v) is 8.62. The van der Waals surface area contributed by atoms with E-state index in [1.165, 1.54) is 16.0 Å². The van der Waals surface area contributed by atoms with Crippen molar-refractivity contribution in [1.29, 1.82) is 0 Å². The van der Waals surface area contributed by atoms with E-state index in [0.29, 0.717) is 35.8 Å². The highest BCUT2D eigenvalue weighted by atomic mass is 16.2. The molecular weight excluding hydrogens is 416 g/mol. The number of amides is 3. The number of nitrogens with zero attached hydrogens (tertiary/aromatic N) is 3. The maximum absolute atomic E-state index is 12.7. The van der Waals surface area contributed by atoms with Gasteiger partial charge in [0.05, 0.1) is 11.1 Å². The van der Waals surface area contributed by atoms with Crippen LogP contribution in [0.25, 0.3) is 0 Å². The molecule has 1 aromatic heterocycles. The van der Waals surface area contributed by atoms with Crippen LogP contribution in [0.4, 0.5) is 0 Å². The predicted molar refractivity (Wildman–Crippen MR) is 123 cm³/mol. The van der Waals surface area contributed by atoms with Crippen molar-refractivity contribution in [3.05, 3.63) is 89.0 Å². The first-order valence-corrected chi connectivity index (χ1v) is 11.4. The van der Waals surface area contributed by atoms with Gasteiger partial charge in [0.15, 0.2) is 0 Å². The van der Waals surface area contributed by atoms with Gasteiger partial charge in [-0.05, 0) is 42.5 Å². The Morgan fingerprint density at radius 2 is 1.76 bits per heavy atom. The monoisotopic (exact) mass is 442 g/mol. The number of carbonyl (C=O) groups excluding carboxylic acids is 3. The molecule has 2 heterocycles. The van der Waals surface area contributed by atoms with Crippen molar-refractivity contribution >= 4 is 17.7 Å². The number of aromatic nitrogens is 2. The number of hydrogen-bond acceptors (Lipinski definition) is 4. The van der Waals surface area contributed by atoms with Crippen LogP contribution in [0, 0.1) is 0 Å². The molecule has 3 amide bonds. The fourth-order valence-corrected chi connectivity index (χ4v) is 4.88. The lowest BCUT2D eigenvalue weighted by atomic mass is 9.83. The Hall–Kier alpha value is -3.74. The van der Waals surface area contributed by atoms with Crippen LogP contribution in [0.2, 0.25) is 0 Å². The third-order valence-corrected chi connectivity index (χ3v) is 6.59. The van der Waals surface area contributed by atoms with E-state index in [0.717, 1.165) is 19.3 Å². The van der Waals surface area contributed by atoms with Gasteiger partial charge >= 0.3 is 0 Å². The summed E-state index contributed by atoms with van der Waals surface area (Å²) in [6, 6.07) is 15.3. The topological polar surface area (TPSA) is 84.3 Å². The molecule has 1 atom stereocenters. The van der Waals surface area contributed by atoms with E-state index in [2.05, 4.69) is 34.6 Å². The molecule has 1 aliphatic carbocycles. The molecule has 2 aliphatic rings. The van der Waals surface area contributed by atoms with E-state index in [4.69, 9.17) is 0 Å². The van der Waals surface area contributed by atoms with Gasteiger partial charge in [-0.2, -0.15) is 0 Å². The van der Waals surface area contributed by atoms with Crippen LogP contribution in [0.15, 0.2) is 60.9 Å². The zero-order valence-corrected chi connectivity index (χ0v) is 18.4. The van der Waals surface area contributed by atoms with Gasteiger partial charge in [0.1, 0.15) is 12.4 Å². The van der Waals surface area contributed by atoms with Gasteiger partial charge in [-0.3, -0.25) is 19.3 Å². The molecule has 0 saturated heterocycles. The average molecular weight is 443 g/mol. The summed E-state index contributed by atoms with van der Waals surface area (Å²) in [7, 11) is 0. The molecule has 168 valence electrons. The van der Waals surface area contributed by atoms with Gasteiger partial charge in [0.2, 0.25) is 5.91 Å². The van der Waals surface area contributed by atoms with Gasteiger partial charge in [-0.15, -0.1) is 0 Å². The molecule has 7 heteroatoms. The predicted octanol–water partition coefficient (Wildman–Crippen LogP) is 2.96. The van der Waals surface area contributed by atoms with Gasteiger partial charge in [0.25, 0.3) is 11.8 Å². The molecule has 0 saturated carbocycles. The number of benzene rings is 2. The Morgan fingerprint density at radius 1 is 1.03 bits per heavy atom. The number of hydrogen-bond donors (Lipinski definition) is 1. The summed E-state index contributed by atoms with van der Waals surface area (Å²) in [5, 5.41) is 3.08. The van der Waals surface area contributed by atoms with E-state index in [1.807, 2.05) is 0 Å². The number of imide groups is 1. The van der Waals surface area contributed by atoms with Gasteiger partial charge in [0, 0.05) is 37.8 Å². The van der Waals surface area contributed by atoms with Crippen molar-refractivity contribution in [1.82, 2.24) is 19.8 Å². The molecule has 7 nitrogen and oxygen atoms in total. The average Bonchev–Trinajstić information content (AvgIpc) is 3.38. The number of fused-ring (bicyclic) bond motifs is 2. The normalized spacial score (nSPS) is 17.1. The summed E-state index contributed by atoms with van der Waals surface area (Å²) >= 11 is 0. The van der Waals surface area contributed by atoms with Crippen molar-refractivity contribution in [3.63, 3.8) is 0 Å². The van der Waals surface area contributed by atoms with Crippen LogP contribution < -0.4 is 5.32 Å². The minimum atomic E-state index is -0.279. The van der Waals surface area contributed by atoms with Crippen molar-refractivity contribution < 1.29 is 14.4 Å². The summed E-state index contributed by atoms with van der Waals surface area (Å²) in [6.07, 6.45) is 7.11. The van der Waals surface area contributed by atoms with Crippen molar-refractivity contribution in [2.45, 2.75) is 38.1 Å². The molecule has 0 fully saturated rings. The minimum absolute atomic E-state index is 0.0713. The number of carbonyl (C=O) groups is 3. The van der Waals surface area contributed by atoms with E-state index >= 15 is 0 Å². The molecule has 1 aliphatic heterocycles. The second-order valence-electron chi connectivity index (χ2n) is 8.62. The lowest BCUT2D eigenvalue weighted by molar-refractivity contribution is -0.121. The molecule has 2 aromatic carbocycles. The first-order chi connectivity index (χ1) is 16.1. The maximum Gasteiger partial charge on any atom is 0.261 e. The number of imidazole rings is 1. The quantitative estimate of drug-likeness (QED) is 0.570. The molecular formula is C26H26N4O3. The summed E-state index contributed by atoms with van der Waals surface area (Å²) < 4.78 is 1.78. The zero-order valence-electron chi connectivity index (χ0n) is 18.4. The molecule has 33 heavy (non-hydrogen) atoms. The Labute approximate surface area is 192 Å². The van der Waals surface area contributed by atoms with E-state index in [9.17, 15) is 14.4 Å².